The third-order valence-corrected chi connectivity index (χ3v) is 26.1. The maximum atomic E-state index is 15.1. The zero-order valence-electron chi connectivity index (χ0n) is 78.6. The van der Waals surface area contributed by atoms with Gasteiger partial charge in [0.25, 0.3) is 0 Å². The molecule has 8 N–H and O–H groups in total. The van der Waals surface area contributed by atoms with Crippen molar-refractivity contribution in [1.82, 2.24) is 55.8 Å². The van der Waals surface area contributed by atoms with Gasteiger partial charge in [-0.05, 0) is 148 Å². The number of carbonyl (C=O) groups excluding carboxylic acids is 4. The molecule has 8 unspecified atom stereocenters. The summed E-state index contributed by atoms with van der Waals surface area (Å²) >= 11 is 32.1. The van der Waals surface area contributed by atoms with Crippen LogP contribution >= 0.6 is 78.3 Å². The number of esters is 4. The number of aryl methyl sites for hydroxylation is 1. The van der Waals surface area contributed by atoms with Gasteiger partial charge in [-0.3, -0.25) is 63.9 Å². The Morgan fingerprint density at radius 1 is 0.432 bits per heavy atom. The minimum absolute atomic E-state index is 0.0112. The number of nitrogens with one attached hydrogen (secondary N) is 4. The van der Waals surface area contributed by atoms with Crippen molar-refractivity contribution < 1.29 is 123 Å². The first-order chi connectivity index (χ1) is 70.0. The molecule has 0 spiro atoms. The zero-order valence-corrected chi connectivity index (χ0v) is 84.8. The van der Waals surface area contributed by atoms with Crippen molar-refractivity contribution in [3.05, 3.63) is 305 Å². The van der Waals surface area contributed by atoms with Crippen LogP contribution in [-0.2, 0) is 76.3 Å². The molecule has 8 aromatic rings. The average molecular weight is 2230 g/mol. The first-order valence-corrected chi connectivity index (χ1v) is 48.7. The third kappa shape index (κ3) is 27.7. The number of hydrogen-bond donors (Lipinski definition) is 8. The summed E-state index contributed by atoms with van der Waals surface area (Å²) in [5.41, 5.74) is 4.45. The van der Waals surface area contributed by atoms with Crippen molar-refractivity contribution in [3.8, 4) is 0 Å². The van der Waals surface area contributed by atoms with Gasteiger partial charge in [-0.2, -0.15) is 0 Å². The molecule has 0 bridgehead atoms. The topological polar surface area (TPSA) is 441 Å². The number of aromatic nitrogens is 3. The highest BCUT2D eigenvalue weighted by Gasteiger charge is 2.44. The highest BCUT2D eigenvalue weighted by Crippen LogP contribution is 2.44. The van der Waals surface area contributed by atoms with Crippen LogP contribution in [0.1, 0.15) is 109 Å². The first-order valence-electron chi connectivity index (χ1n) is 45.6. The van der Waals surface area contributed by atoms with Crippen molar-refractivity contribution in [2.75, 3.05) is 132 Å². The molecule has 4 fully saturated rings. The van der Waals surface area contributed by atoms with E-state index < -0.39 is 137 Å². The number of aliphatic imine (C=N–C) groups is 4. The molecule has 3 aromatic heterocycles. The lowest BCUT2D eigenvalue weighted by molar-refractivity contribution is -0.156. The summed E-state index contributed by atoms with van der Waals surface area (Å²) in [5.74, 6) is -10.1. The van der Waals surface area contributed by atoms with Crippen LogP contribution in [0.5, 0.6) is 0 Å². The van der Waals surface area contributed by atoms with Gasteiger partial charge >= 0.3 is 47.8 Å². The van der Waals surface area contributed by atoms with Crippen LogP contribution in [0.15, 0.2) is 220 Å². The summed E-state index contributed by atoms with van der Waals surface area (Å²) in [6.45, 7) is 11.8. The normalized spacial score (nSPS) is 20.4. The van der Waals surface area contributed by atoms with E-state index in [2.05, 4.69) is 78.1 Å². The molecule has 35 nitrogen and oxygen atoms in total. The Morgan fingerprint density at radius 3 is 1.32 bits per heavy atom. The van der Waals surface area contributed by atoms with Crippen LogP contribution in [-0.4, -0.2) is 282 Å². The molecule has 0 amide bonds. The molecule has 8 aliphatic heterocycles. The lowest BCUT2D eigenvalue weighted by Gasteiger charge is -2.37. The van der Waals surface area contributed by atoms with Crippen molar-refractivity contribution in [3.63, 3.8) is 0 Å². The number of morpholine rings is 4. The Labute approximate surface area is 869 Å². The largest absolute Gasteiger partial charge is 0.481 e. The molecule has 4 saturated heterocycles. The minimum atomic E-state index is -1.12. The number of carboxylic acids is 4. The molecule has 146 heavy (non-hydrogen) atoms. The molecule has 5 aromatic carbocycles. The van der Waals surface area contributed by atoms with E-state index >= 15 is 8.78 Å². The molecule has 16 rings (SSSR count). The van der Waals surface area contributed by atoms with E-state index in [0.717, 1.165) is 6.07 Å². The number of carboxylic acid groups (broad SMARTS) is 4. The van der Waals surface area contributed by atoms with Crippen molar-refractivity contribution in [1.29, 1.82) is 0 Å². The Bertz CT molecular complexity index is 6510. The molecule has 772 valence electrons. The number of pyridine rings is 3. The second-order valence-corrected chi connectivity index (χ2v) is 36.5. The number of rotatable bonds is 29. The van der Waals surface area contributed by atoms with Crippen LogP contribution in [0.2, 0.25) is 20.1 Å². The van der Waals surface area contributed by atoms with Gasteiger partial charge in [0.2, 0.25) is 0 Å². The number of amidine groups is 4. The second-order valence-electron chi connectivity index (χ2n) is 33.2. The van der Waals surface area contributed by atoms with Gasteiger partial charge in [0.1, 0.15) is 88.3 Å². The van der Waals surface area contributed by atoms with Crippen molar-refractivity contribution in [2.24, 2.45) is 20.0 Å². The fraction of sp³-hybridized carbons (Fsp3) is 0.343. The molecule has 0 aliphatic carbocycles. The van der Waals surface area contributed by atoms with Gasteiger partial charge in [0, 0.05) is 141 Å². The Hall–Kier alpha value is -12.5. The predicted octanol–water partition coefficient (Wildman–Crippen LogP) is 13.4. The first kappa shape index (κ1) is 111. The molecule has 0 saturated carbocycles. The zero-order chi connectivity index (χ0) is 105. The lowest BCUT2D eigenvalue weighted by atomic mass is 9.94. The monoisotopic (exact) mass is 2230 g/mol. The summed E-state index contributed by atoms with van der Waals surface area (Å²) < 4.78 is 130. The van der Waals surface area contributed by atoms with E-state index in [0.29, 0.717) is 127 Å². The maximum Gasteiger partial charge on any atom is 0.338 e. The van der Waals surface area contributed by atoms with Crippen LogP contribution in [0.25, 0.3) is 0 Å². The summed E-state index contributed by atoms with van der Waals surface area (Å²) in [7, 11) is 0. The molecule has 47 heteroatoms. The van der Waals surface area contributed by atoms with Gasteiger partial charge in [0.05, 0.1) is 112 Å². The van der Waals surface area contributed by atoms with E-state index in [9.17, 15) is 76.3 Å². The molecule has 11 heterocycles. The minimum Gasteiger partial charge on any atom is -0.481 e. The smallest absolute Gasteiger partial charge is 0.338 e. The Morgan fingerprint density at radius 2 is 0.856 bits per heavy atom. The predicted molar refractivity (Wildman–Crippen MR) is 529 cm³/mol. The second kappa shape index (κ2) is 51.7. The molecule has 8 aliphatic rings. The van der Waals surface area contributed by atoms with Crippen molar-refractivity contribution in [2.45, 2.75) is 89.4 Å². The summed E-state index contributed by atoms with van der Waals surface area (Å²) in [6, 6.07) is 24.0. The van der Waals surface area contributed by atoms with Crippen LogP contribution in [0.3, 0.4) is 0 Å². The molecule has 8 atom stereocenters. The SMILES string of the molecule is CCOC(=O)C1=C(CN2CCOC(C(=O)O)C2)NC(c2ncccc2F)=NC1c1ccc(Cl)cc1Cl.CCOC(=O)C1=C(CN2CCOCC2C(=O)O)NC(c2ccccn2)=NC1c1ccc(F)cc1Cl.CCOC(=O)C1=C(CN2CCOCC2C(=O)O)NC(c2ncccc2Cl)=NC1c1ccc(F)cc1Br.CCOC(=O)C1=C(CN2CCOCC2CC(=O)O)NC(c2c(F)cc(C)cc2F)=NC1c1ccc(F)cc1Br. The lowest BCUT2D eigenvalue weighted by Crippen LogP contribution is -2.52. The summed E-state index contributed by atoms with van der Waals surface area (Å²) in [5, 5.41) is 51.6. The number of carbonyl (C=O) groups is 8. The number of nitrogens with zero attached hydrogens (tertiary/aromatic N) is 11. The fourth-order valence-corrected chi connectivity index (χ4v) is 18.9. The Balaban J connectivity index is 0.000000163. The number of ether oxygens (including phenoxy) is 8. The quantitative estimate of drug-likeness (QED) is 0.0123. The van der Waals surface area contributed by atoms with Crippen molar-refractivity contribution >= 4 is 149 Å². The third-order valence-electron chi connectivity index (χ3n) is 23.5. The number of benzene rings is 5. The Kier molecular flexibility index (Phi) is 39.2. The van der Waals surface area contributed by atoms with Crippen LogP contribution in [0.4, 0.5) is 26.3 Å². The molecule has 0 radical (unpaired) electrons. The van der Waals surface area contributed by atoms with E-state index in [1.54, 1.807) is 99.3 Å². The highest BCUT2D eigenvalue weighted by atomic mass is 79.9. The average Bonchev–Trinajstić information content (AvgIpc) is 0.779. The van der Waals surface area contributed by atoms with Gasteiger partial charge in [0.15, 0.2) is 29.4 Å². The fourth-order valence-electron chi connectivity index (χ4n) is 16.7. The molecular formula is C99H97Br2Cl4F6N15O20. The van der Waals surface area contributed by atoms with Gasteiger partial charge in [-0.1, -0.05) is 109 Å². The van der Waals surface area contributed by atoms with Gasteiger partial charge in [-0.15, -0.1) is 0 Å². The van der Waals surface area contributed by atoms with E-state index in [1.165, 1.54) is 85.1 Å². The van der Waals surface area contributed by atoms with E-state index in [-0.39, 0.29) is 153 Å². The molecular weight excluding hydrogens is 2130 g/mol. The van der Waals surface area contributed by atoms with Crippen LogP contribution in [0, 0.1) is 41.8 Å². The van der Waals surface area contributed by atoms with Gasteiger partial charge in [-0.25, -0.2) is 55.3 Å². The standard InChI is InChI=1S/C27H27BrF3N3O5.C24H23BrClFN4O5.C24H23Cl2FN4O5.C24H24ClFN4O5/c1-3-39-27(37)24-21(12-34-6-7-38-13-16(34)11-22(35)36)32-26(23-19(30)8-14(2)9-20(23)31)33-25(24)17-5-4-15(29)10-18(17)28;1-2-36-24(34)19-17(11-31-8-9-35-12-18(31)23(32)33)29-22(21-16(26)4-3-7-28-21)30-20(19)14-6-5-13(27)10-15(14)25;1-2-35-24(34)19-17(11-31-8-9-36-18(12-31)23(32)33)29-22(21-16(27)4-3-7-28-21)30-20(19)14-6-5-13(25)10-15(14)26;1-2-35-24(33)20-18(12-30-9-10-34-13-19(30)23(31)32)28-22(17-5-3-4-8-27-17)29-21(20)15-7-6-14(26)11-16(15)25/h4-5,8-10,16,25H,3,6-7,11-13H2,1-2H3,(H,32,33)(H,35,36);2*3-7,10,18,20H,2,8-9,11-12H2,1H3,(H,29,30)(H,32,33);3-8,11,19,21H,2,9-10,12-13H2,1H3,(H,28,29)(H,31,32). The van der Waals surface area contributed by atoms with E-state index in [1.807, 2.05) is 9.80 Å². The van der Waals surface area contributed by atoms with Crippen LogP contribution < -0.4 is 21.3 Å². The van der Waals surface area contributed by atoms with E-state index in [4.69, 9.17) is 94.3 Å². The van der Waals surface area contributed by atoms with Gasteiger partial charge < -0.3 is 79.6 Å². The number of aliphatic carboxylic acids is 4. The number of halogens is 12. The highest BCUT2D eigenvalue weighted by molar-refractivity contribution is 9.10. The summed E-state index contributed by atoms with van der Waals surface area (Å²) in [6.07, 6.45) is 3.36. The summed E-state index contributed by atoms with van der Waals surface area (Å²) in [4.78, 5) is 138. The number of hydrogen-bond acceptors (Lipinski definition) is 31. The maximum absolute atomic E-state index is 15.1.